The molecular weight excluding hydrogens is 450 g/mol. The van der Waals surface area contributed by atoms with Crippen molar-refractivity contribution in [3.63, 3.8) is 0 Å². The minimum atomic E-state index is -5.05. The Hall–Kier alpha value is 0.140. The van der Waals surface area contributed by atoms with E-state index in [4.69, 9.17) is 34.5 Å². The highest BCUT2D eigenvalue weighted by atomic mass is 31.3. The summed E-state index contributed by atoms with van der Waals surface area (Å²) in [5, 5.41) is 17.7. The topological polar surface area (TPSA) is 174 Å². The van der Waals surface area contributed by atoms with Gasteiger partial charge in [-0.3, -0.25) is 0 Å². The summed E-state index contributed by atoms with van der Waals surface area (Å²) < 4.78 is 27.5. The lowest BCUT2D eigenvalue weighted by atomic mass is 10.0. The third-order valence-corrected chi connectivity index (χ3v) is 6.08. The second kappa shape index (κ2) is 22.0. The van der Waals surface area contributed by atoms with Crippen LogP contribution in [0.2, 0.25) is 0 Å². The summed E-state index contributed by atoms with van der Waals surface area (Å²) >= 11 is 0. The first-order valence-corrected chi connectivity index (χ1v) is 14.3. The molecule has 0 saturated carbocycles. The predicted molar refractivity (Wildman–Crippen MR) is 119 cm³/mol. The Balaban J connectivity index is 0. The van der Waals surface area contributed by atoms with Gasteiger partial charge in [0.25, 0.3) is 0 Å². The molecule has 0 bridgehead atoms. The molecule has 0 aliphatic rings. The number of hydrogen-bond acceptors (Lipinski definition) is 6. The maximum Gasteiger partial charge on any atom is 0.478 e. The molecule has 10 nitrogen and oxygen atoms in total. The first-order valence-electron chi connectivity index (χ1n) is 11.2. The van der Waals surface area contributed by atoms with Crippen LogP contribution < -0.4 is 0 Å². The van der Waals surface area contributed by atoms with E-state index < -0.39 is 21.7 Å². The lowest BCUT2D eigenvalue weighted by molar-refractivity contribution is 0.00526. The molecule has 0 heterocycles. The fourth-order valence-corrected chi connectivity index (χ4v) is 3.92. The van der Waals surface area contributed by atoms with Crippen LogP contribution in [-0.2, 0) is 18.2 Å². The van der Waals surface area contributed by atoms with Crippen LogP contribution >= 0.6 is 15.6 Å². The van der Waals surface area contributed by atoms with Gasteiger partial charge in [-0.1, -0.05) is 90.4 Å². The van der Waals surface area contributed by atoms with Gasteiger partial charge in [-0.15, -0.1) is 0 Å². The van der Waals surface area contributed by atoms with E-state index in [0.29, 0.717) is 6.61 Å². The van der Waals surface area contributed by atoms with E-state index >= 15 is 0 Å². The molecule has 31 heavy (non-hydrogen) atoms. The molecule has 0 radical (unpaired) electrons. The zero-order chi connectivity index (χ0) is 24.0. The van der Waals surface area contributed by atoms with Gasteiger partial charge in [0.1, 0.15) is 6.10 Å². The van der Waals surface area contributed by atoms with E-state index in [1.807, 2.05) is 0 Å². The number of aliphatic hydroxyl groups is 2. The standard InChI is InChI=1S/C19H40O3.H4O7P2/c1-2-3-4-5-6-7-8-9-10-11-12-13-14-15-16-22-18-19(21)17-20;1-8(2,3)7-9(4,5)6/h19-21H,2-18H2,1H3;(H2,1,2,3)(H2,4,5,6). The van der Waals surface area contributed by atoms with Crippen molar-refractivity contribution in [2.45, 2.75) is 103 Å². The van der Waals surface area contributed by atoms with E-state index in [1.54, 1.807) is 0 Å². The number of ether oxygens (including phenoxy) is 1. The summed E-state index contributed by atoms with van der Waals surface area (Å²) in [5.41, 5.74) is 0. The van der Waals surface area contributed by atoms with Crippen LogP contribution in [0.4, 0.5) is 0 Å². The normalized spacial score (nSPS) is 13.0. The Bertz CT molecular complexity index is 447. The van der Waals surface area contributed by atoms with Crippen molar-refractivity contribution in [3.05, 3.63) is 0 Å². The van der Waals surface area contributed by atoms with Crippen LogP contribution in [0.3, 0.4) is 0 Å². The van der Waals surface area contributed by atoms with Gasteiger partial charge in [-0.25, -0.2) is 9.13 Å². The van der Waals surface area contributed by atoms with Gasteiger partial charge in [0.15, 0.2) is 0 Å². The first-order chi connectivity index (χ1) is 14.5. The van der Waals surface area contributed by atoms with Crippen molar-refractivity contribution in [1.29, 1.82) is 0 Å². The number of rotatable bonds is 20. The zero-order valence-corrected chi connectivity index (χ0v) is 20.6. The SMILES string of the molecule is CCCCCCCCCCCCCCCCOCC(O)CO.O=P(O)(O)OP(=O)(O)O. The van der Waals surface area contributed by atoms with Gasteiger partial charge in [0.05, 0.1) is 13.2 Å². The molecule has 0 aromatic carbocycles. The van der Waals surface area contributed by atoms with Crippen molar-refractivity contribution in [2.24, 2.45) is 0 Å². The van der Waals surface area contributed by atoms with E-state index in [9.17, 15) is 9.13 Å². The summed E-state index contributed by atoms with van der Waals surface area (Å²) in [4.78, 5) is 31.0. The fraction of sp³-hybridized carbons (Fsp3) is 1.00. The van der Waals surface area contributed by atoms with E-state index in [2.05, 4.69) is 11.2 Å². The maximum atomic E-state index is 9.63. The third kappa shape index (κ3) is 34.9. The Labute approximate surface area is 186 Å². The third-order valence-electron chi connectivity index (χ3n) is 4.38. The first kappa shape index (κ1) is 33.3. The second-order valence-corrected chi connectivity index (χ2v) is 10.2. The van der Waals surface area contributed by atoms with Crippen molar-refractivity contribution in [3.8, 4) is 0 Å². The van der Waals surface area contributed by atoms with Gasteiger partial charge in [0, 0.05) is 6.61 Å². The van der Waals surface area contributed by atoms with Crippen molar-refractivity contribution in [1.82, 2.24) is 0 Å². The second-order valence-electron chi connectivity index (χ2n) is 7.57. The molecule has 0 spiro atoms. The van der Waals surface area contributed by atoms with Gasteiger partial charge >= 0.3 is 15.6 Å². The van der Waals surface area contributed by atoms with Gasteiger partial charge in [-0.2, -0.15) is 4.31 Å². The number of aliphatic hydroxyl groups excluding tert-OH is 2. The molecule has 0 rings (SSSR count). The molecule has 1 atom stereocenters. The number of hydrogen-bond donors (Lipinski definition) is 6. The average molecular weight is 494 g/mol. The molecule has 6 N–H and O–H groups in total. The van der Waals surface area contributed by atoms with Crippen molar-refractivity contribution >= 4 is 15.6 Å². The lowest BCUT2D eigenvalue weighted by Crippen LogP contribution is -2.19. The molecule has 0 aromatic rings. The van der Waals surface area contributed by atoms with Crippen LogP contribution in [-0.4, -0.2) is 55.7 Å². The maximum absolute atomic E-state index is 9.63. The Kier molecular flexibility index (Phi) is 23.6. The largest absolute Gasteiger partial charge is 0.478 e. The molecule has 1 unspecified atom stereocenters. The molecule has 0 saturated heterocycles. The highest BCUT2D eigenvalue weighted by molar-refractivity contribution is 7.60. The van der Waals surface area contributed by atoms with Crippen LogP contribution in [0.15, 0.2) is 0 Å². The van der Waals surface area contributed by atoms with Crippen molar-refractivity contribution < 1.29 is 48.0 Å². The molecule has 0 aliphatic heterocycles. The zero-order valence-electron chi connectivity index (χ0n) is 18.8. The minimum absolute atomic E-state index is 0.210. The Morgan fingerprint density at radius 3 is 1.32 bits per heavy atom. The highest BCUT2D eigenvalue weighted by Gasteiger charge is 2.27. The highest BCUT2D eigenvalue weighted by Crippen LogP contribution is 2.53. The molecule has 0 fully saturated rings. The molecule has 190 valence electrons. The van der Waals surface area contributed by atoms with Crippen LogP contribution in [0.25, 0.3) is 0 Å². The average Bonchev–Trinajstić information content (AvgIpc) is 2.65. The summed E-state index contributed by atoms with van der Waals surface area (Å²) in [6, 6.07) is 0. The van der Waals surface area contributed by atoms with Gasteiger partial charge in [0.2, 0.25) is 0 Å². The molecule has 0 amide bonds. The van der Waals surface area contributed by atoms with E-state index in [-0.39, 0.29) is 13.2 Å². The summed E-state index contributed by atoms with van der Waals surface area (Å²) in [6.07, 6.45) is 18.3. The van der Waals surface area contributed by atoms with Gasteiger partial charge in [-0.05, 0) is 6.42 Å². The summed E-state index contributed by atoms with van der Waals surface area (Å²) in [7, 11) is -10.1. The van der Waals surface area contributed by atoms with Crippen LogP contribution in [0.5, 0.6) is 0 Å². The fourth-order valence-electron chi connectivity index (χ4n) is 2.81. The molecule has 12 heteroatoms. The summed E-state index contributed by atoms with van der Waals surface area (Å²) in [5.74, 6) is 0. The van der Waals surface area contributed by atoms with Crippen LogP contribution in [0, 0.1) is 0 Å². The smallest absolute Gasteiger partial charge is 0.394 e. The van der Waals surface area contributed by atoms with Crippen LogP contribution in [0.1, 0.15) is 96.8 Å². The predicted octanol–water partition coefficient (Wildman–Crippen LogP) is 4.03. The monoisotopic (exact) mass is 494 g/mol. The number of phosphoric acid groups is 2. The molecule has 0 aromatic heterocycles. The summed E-state index contributed by atoms with van der Waals surface area (Å²) in [6.45, 7) is 3.03. The minimum Gasteiger partial charge on any atom is -0.394 e. The number of unbranched alkanes of at least 4 members (excludes halogenated alkanes) is 13. The van der Waals surface area contributed by atoms with E-state index in [1.165, 1.54) is 83.5 Å². The van der Waals surface area contributed by atoms with Gasteiger partial charge < -0.3 is 34.5 Å². The Morgan fingerprint density at radius 2 is 1.03 bits per heavy atom. The molecular formula is C19H44O10P2. The van der Waals surface area contributed by atoms with E-state index in [0.717, 1.165) is 6.42 Å². The quantitative estimate of drug-likeness (QED) is 0.107. The Morgan fingerprint density at radius 1 is 0.677 bits per heavy atom. The molecule has 0 aliphatic carbocycles. The lowest BCUT2D eigenvalue weighted by Gasteiger charge is -2.08. The van der Waals surface area contributed by atoms with Crippen molar-refractivity contribution in [2.75, 3.05) is 19.8 Å².